The van der Waals surface area contributed by atoms with E-state index >= 15 is 0 Å². The molecule has 0 unspecified atom stereocenters. The first kappa shape index (κ1) is 20.3. The van der Waals surface area contributed by atoms with Gasteiger partial charge in [-0.05, 0) is 35.2 Å². The van der Waals surface area contributed by atoms with Crippen LogP contribution in [0.25, 0.3) is 0 Å². The first-order valence-electron chi connectivity index (χ1n) is 8.79. The SMILES string of the molecule is COc1ccc(NC(C)=O)cc1NC(=O)CNc1ccccc1C(C)(C)C. The van der Waals surface area contributed by atoms with E-state index in [1.165, 1.54) is 14.0 Å². The molecule has 0 spiro atoms. The van der Waals surface area contributed by atoms with Crippen LogP contribution in [0.3, 0.4) is 0 Å². The topological polar surface area (TPSA) is 79.5 Å². The lowest BCUT2D eigenvalue weighted by Gasteiger charge is -2.23. The summed E-state index contributed by atoms with van der Waals surface area (Å²) in [5.74, 6) is 0.127. The summed E-state index contributed by atoms with van der Waals surface area (Å²) in [7, 11) is 1.53. The summed E-state index contributed by atoms with van der Waals surface area (Å²) in [5, 5.41) is 8.72. The number of hydrogen-bond donors (Lipinski definition) is 3. The molecule has 0 aromatic heterocycles. The fourth-order valence-electron chi connectivity index (χ4n) is 2.75. The molecule has 27 heavy (non-hydrogen) atoms. The Kier molecular flexibility index (Phi) is 6.45. The van der Waals surface area contributed by atoms with E-state index in [0.717, 1.165) is 11.3 Å². The molecule has 0 atom stereocenters. The van der Waals surface area contributed by atoms with Crippen molar-refractivity contribution in [1.82, 2.24) is 0 Å². The van der Waals surface area contributed by atoms with E-state index in [4.69, 9.17) is 4.74 Å². The molecule has 0 aliphatic heterocycles. The van der Waals surface area contributed by atoms with Crippen LogP contribution in [-0.2, 0) is 15.0 Å². The highest BCUT2D eigenvalue weighted by Gasteiger charge is 2.18. The lowest BCUT2D eigenvalue weighted by Crippen LogP contribution is -2.24. The van der Waals surface area contributed by atoms with Crippen LogP contribution in [0.1, 0.15) is 33.3 Å². The minimum Gasteiger partial charge on any atom is -0.495 e. The number of carbonyl (C=O) groups is 2. The van der Waals surface area contributed by atoms with E-state index in [1.807, 2.05) is 18.2 Å². The largest absolute Gasteiger partial charge is 0.495 e. The Labute approximate surface area is 160 Å². The number of para-hydroxylation sites is 1. The zero-order valence-electron chi connectivity index (χ0n) is 16.5. The highest BCUT2D eigenvalue weighted by atomic mass is 16.5. The molecule has 0 fully saturated rings. The number of nitrogens with one attached hydrogen (secondary N) is 3. The Hall–Kier alpha value is -3.02. The van der Waals surface area contributed by atoms with E-state index in [9.17, 15) is 9.59 Å². The Morgan fingerprint density at radius 1 is 1.00 bits per heavy atom. The van der Waals surface area contributed by atoms with Crippen molar-refractivity contribution in [2.45, 2.75) is 33.1 Å². The van der Waals surface area contributed by atoms with E-state index in [2.05, 4.69) is 42.8 Å². The molecule has 3 N–H and O–H groups in total. The predicted molar refractivity (Wildman–Crippen MR) is 110 cm³/mol. The average molecular weight is 369 g/mol. The van der Waals surface area contributed by atoms with Gasteiger partial charge in [0.15, 0.2) is 0 Å². The normalized spacial score (nSPS) is 10.9. The highest BCUT2D eigenvalue weighted by molar-refractivity contribution is 5.97. The molecule has 2 aromatic carbocycles. The van der Waals surface area contributed by atoms with Crippen LogP contribution in [0.5, 0.6) is 5.75 Å². The molecule has 0 saturated carbocycles. The third-order valence-electron chi connectivity index (χ3n) is 3.97. The molecular formula is C21H27N3O3. The second-order valence-electron chi connectivity index (χ2n) is 7.29. The number of anilines is 3. The molecule has 0 aliphatic rings. The maximum atomic E-state index is 12.4. The minimum absolute atomic E-state index is 0.0318. The fourth-order valence-corrected chi connectivity index (χ4v) is 2.75. The van der Waals surface area contributed by atoms with Crippen LogP contribution < -0.4 is 20.7 Å². The first-order chi connectivity index (χ1) is 12.7. The van der Waals surface area contributed by atoms with Gasteiger partial charge in [0.1, 0.15) is 5.75 Å². The summed E-state index contributed by atoms with van der Waals surface area (Å²) >= 11 is 0. The highest BCUT2D eigenvalue weighted by Crippen LogP contribution is 2.30. The van der Waals surface area contributed by atoms with Gasteiger partial charge in [-0.25, -0.2) is 0 Å². The van der Waals surface area contributed by atoms with Crippen LogP contribution in [0.2, 0.25) is 0 Å². The van der Waals surface area contributed by atoms with Gasteiger partial charge in [-0.3, -0.25) is 9.59 Å². The van der Waals surface area contributed by atoms with Crippen molar-refractivity contribution < 1.29 is 14.3 Å². The minimum atomic E-state index is -0.211. The number of carbonyl (C=O) groups excluding carboxylic acids is 2. The van der Waals surface area contributed by atoms with Gasteiger partial charge in [-0.2, -0.15) is 0 Å². The van der Waals surface area contributed by atoms with Crippen LogP contribution >= 0.6 is 0 Å². The summed E-state index contributed by atoms with van der Waals surface area (Å²) in [6.45, 7) is 7.93. The zero-order chi connectivity index (χ0) is 20.0. The number of methoxy groups -OCH3 is 1. The molecule has 0 heterocycles. The van der Waals surface area contributed by atoms with Crippen molar-refractivity contribution >= 4 is 28.9 Å². The van der Waals surface area contributed by atoms with E-state index in [0.29, 0.717) is 17.1 Å². The summed E-state index contributed by atoms with van der Waals surface area (Å²) in [4.78, 5) is 23.7. The molecule has 0 aliphatic carbocycles. The second-order valence-corrected chi connectivity index (χ2v) is 7.29. The van der Waals surface area contributed by atoms with E-state index in [1.54, 1.807) is 18.2 Å². The van der Waals surface area contributed by atoms with Crippen molar-refractivity contribution in [2.24, 2.45) is 0 Å². The van der Waals surface area contributed by atoms with Gasteiger partial charge in [0.25, 0.3) is 0 Å². The van der Waals surface area contributed by atoms with Gasteiger partial charge in [0.2, 0.25) is 11.8 Å². The van der Waals surface area contributed by atoms with Crippen molar-refractivity contribution in [3.8, 4) is 5.75 Å². The summed E-state index contributed by atoms with van der Waals surface area (Å²) < 4.78 is 5.28. The van der Waals surface area contributed by atoms with Gasteiger partial charge >= 0.3 is 0 Å². The molecule has 0 saturated heterocycles. The predicted octanol–water partition coefficient (Wildman–Crippen LogP) is 4.00. The molecule has 2 rings (SSSR count). The third-order valence-corrected chi connectivity index (χ3v) is 3.97. The Balaban J connectivity index is 2.09. The van der Waals surface area contributed by atoms with Crippen LogP contribution in [0.15, 0.2) is 42.5 Å². The first-order valence-corrected chi connectivity index (χ1v) is 8.79. The number of hydrogen-bond acceptors (Lipinski definition) is 4. The summed E-state index contributed by atoms with van der Waals surface area (Å²) in [6.07, 6.45) is 0. The maximum Gasteiger partial charge on any atom is 0.243 e. The monoisotopic (exact) mass is 369 g/mol. The van der Waals surface area contributed by atoms with Crippen LogP contribution in [-0.4, -0.2) is 25.5 Å². The van der Waals surface area contributed by atoms with Gasteiger partial charge in [0, 0.05) is 18.3 Å². The van der Waals surface area contributed by atoms with Crippen molar-refractivity contribution in [2.75, 3.05) is 29.6 Å². The molecule has 2 amide bonds. The van der Waals surface area contributed by atoms with Crippen LogP contribution in [0.4, 0.5) is 17.1 Å². The molecule has 144 valence electrons. The van der Waals surface area contributed by atoms with Gasteiger partial charge in [-0.15, -0.1) is 0 Å². The quantitative estimate of drug-likeness (QED) is 0.719. The number of amides is 2. The lowest BCUT2D eigenvalue weighted by atomic mass is 9.86. The number of benzene rings is 2. The van der Waals surface area contributed by atoms with Crippen LogP contribution in [0, 0.1) is 0 Å². The molecule has 6 heteroatoms. The van der Waals surface area contributed by atoms with Crippen molar-refractivity contribution in [1.29, 1.82) is 0 Å². The Morgan fingerprint density at radius 2 is 1.70 bits per heavy atom. The van der Waals surface area contributed by atoms with Crippen molar-refractivity contribution in [3.05, 3.63) is 48.0 Å². The maximum absolute atomic E-state index is 12.4. The molecule has 0 radical (unpaired) electrons. The Morgan fingerprint density at radius 3 is 2.33 bits per heavy atom. The average Bonchev–Trinajstić information content (AvgIpc) is 2.59. The molecule has 0 bridgehead atoms. The zero-order valence-corrected chi connectivity index (χ0v) is 16.5. The van der Waals surface area contributed by atoms with Gasteiger partial charge in [0.05, 0.1) is 19.3 Å². The number of rotatable bonds is 6. The number of ether oxygens (including phenoxy) is 1. The summed E-state index contributed by atoms with van der Waals surface area (Å²) in [6, 6.07) is 13.0. The smallest absolute Gasteiger partial charge is 0.243 e. The van der Waals surface area contributed by atoms with E-state index in [-0.39, 0.29) is 23.8 Å². The molecular weight excluding hydrogens is 342 g/mol. The fraction of sp³-hybridized carbons (Fsp3) is 0.333. The lowest BCUT2D eigenvalue weighted by molar-refractivity contribution is -0.115. The van der Waals surface area contributed by atoms with Crippen molar-refractivity contribution in [3.63, 3.8) is 0 Å². The standard InChI is InChI=1S/C21H27N3O3/c1-14(25)23-15-10-11-19(27-5)18(12-15)24-20(26)13-22-17-9-7-6-8-16(17)21(2,3)4/h6-12,22H,13H2,1-5H3,(H,23,25)(H,24,26). The Bertz CT molecular complexity index is 826. The third kappa shape index (κ3) is 5.74. The molecule has 2 aromatic rings. The second kappa shape index (κ2) is 8.58. The van der Waals surface area contributed by atoms with Gasteiger partial charge in [-0.1, -0.05) is 39.0 Å². The molecule has 6 nitrogen and oxygen atoms in total. The summed E-state index contributed by atoms with van der Waals surface area (Å²) in [5.41, 5.74) is 3.13. The van der Waals surface area contributed by atoms with Gasteiger partial charge < -0.3 is 20.7 Å². The van der Waals surface area contributed by atoms with E-state index < -0.39 is 0 Å².